The molecule has 0 amide bonds. The van der Waals surface area contributed by atoms with E-state index >= 15 is 0 Å². The smallest absolute Gasteiger partial charge is 0.303 e. The maximum atomic E-state index is 9.99. The van der Waals surface area contributed by atoms with Gasteiger partial charge in [-0.15, -0.1) is 0 Å². The predicted octanol–water partition coefficient (Wildman–Crippen LogP) is 0.866. The van der Waals surface area contributed by atoms with E-state index in [0.29, 0.717) is 13.0 Å². The number of carboxylic acid groups (broad SMARTS) is 1. The Kier molecular flexibility index (Phi) is 6.18. The average molecular weight is 144 g/mol. The van der Waals surface area contributed by atoms with E-state index in [4.69, 9.17) is 5.11 Å². The molecule has 0 saturated carbocycles. The van der Waals surface area contributed by atoms with Gasteiger partial charge < -0.3 is 5.11 Å². The molecule has 0 aliphatic carbocycles. The van der Waals surface area contributed by atoms with Crippen molar-refractivity contribution in [2.24, 2.45) is 0 Å². The second-order valence-electron chi connectivity index (χ2n) is 2.17. The van der Waals surface area contributed by atoms with Crippen LogP contribution in [0.5, 0.6) is 0 Å². The van der Waals surface area contributed by atoms with Gasteiger partial charge in [-0.2, -0.15) is 0 Å². The molecule has 0 saturated heterocycles. The summed E-state index contributed by atoms with van der Waals surface area (Å²) in [6.45, 7) is 3.61. The molecule has 0 fully saturated rings. The van der Waals surface area contributed by atoms with Gasteiger partial charge in [0.05, 0.1) is 0 Å². The van der Waals surface area contributed by atoms with Crippen LogP contribution in [0.2, 0.25) is 0 Å². The van der Waals surface area contributed by atoms with Crippen LogP contribution in [0.25, 0.3) is 0 Å². The van der Waals surface area contributed by atoms with Crippen molar-refractivity contribution < 1.29 is 9.90 Å². The van der Waals surface area contributed by atoms with Gasteiger partial charge in [0.1, 0.15) is 0 Å². The monoisotopic (exact) mass is 144 g/mol. The molecule has 0 aromatic carbocycles. The molecule has 0 aromatic heterocycles. The Labute approximate surface area is 61.4 Å². The van der Waals surface area contributed by atoms with E-state index in [2.05, 4.69) is 12.2 Å². The van der Waals surface area contributed by atoms with E-state index in [1.807, 2.05) is 0 Å². The van der Waals surface area contributed by atoms with Crippen LogP contribution in [0.4, 0.5) is 0 Å². The van der Waals surface area contributed by atoms with E-state index in [-0.39, 0.29) is 6.42 Å². The van der Waals surface area contributed by atoms with Crippen LogP contribution in [0.1, 0.15) is 26.2 Å². The van der Waals surface area contributed by atoms with Crippen molar-refractivity contribution in [3.05, 3.63) is 0 Å². The summed E-state index contributed by atoms with van der Waals surface area (Å²) >= 11 is 0. The number of hydrogen-bond acceptors (Lipinski definition) is 1. The van der Waals surface area contributed by atoms with Gasteiger partial charge in [-0.3, -0.25) is 4.79 Å². The number of hydrogen-bond donors (Lipinski definition) is 1. The van der Waals surface area contributed by atoms with Gasteiger partial charge in [-0.25, -0.2) is 5.32 Å². The lowest BCUT2D eigenvalue weighted by molar-refractivity contribution is -0.137. The molecule has 0 aliphatic rings. The van der Waals surface area contributed by atoms with Gasteiger partial charge in [0, 0.05) is 19.5 Å². The third-order valence-corrected chi connectivity index (χ3v) is 1.09. The Bertz CT molecular complexity index is 93.6. The topological polar surface area (TPSA) is 51.4 Å². The zero-order valence-electron chi connectivity index (χ0n) is 6.34. The van der Waals surface area contributed by atoms with Gasteiger partial charge in [0.2, 0.25) is 0 Å². The first-order valence-electron chi connectivity index (χ1n) is 3.62. The first kappa shape index (κ1) is 9.43. The molecular formula is C7H14NO2. The fourth-order valence-electron chi connectivity index (χ4n) is 0.612. The Morgan fingerprint density at radius 1 is 1.50 bits per heavy atom. The largest absolute Gasteiger partial charge is 0.481 e. The van der Waals surface area contributed by atoms with Crippen molar-refractivity contribution >= 4 is 5.97 Å². The number of carboxylic acids is 1. The second kappa shape index (κ2) is 6.55. The maximum Gasteiger partial charge on any atom is 0.303 e. The van der Waals surface area contributed by atoms with Crippen LogP contribution in [-0.2, 0) is 4.79 Å². The second-order valence-corrected chi connectivity index (χ2v) is 2.17. The van der Waals surface area contributed by atoms with Crippen LogP contribution in [0.15, 0.2) is 0 Å². The fraction of sp³-hybridized carbons (Fsp3) is 0.857. The van der Waals surface area contributed by atoms with Crippen molar-refractivity contribution in [1.82, 2.24) is 5.32 Å². The van der Waals surface area contributed by atoms with E-state index in [9.17, 15) is 4.79 Å². The highest BCUT2D eigenvalue weighted by Crippen LogP contribution is 1.86. The summed E-state index contributed by atoms with van der Waals surface area (Å²) < 4.78 is 0. The van der Waals surface area contributed by atoms with Crippen molar-refractivity contribution in [2.75, 3.05) is 13.1 Å². The Hall–Kier alpha value is -0.570. The van der Waals surface area contributed by atoms with Gasteiger partial charge >= 0.3 is 5.97 Å². The lowest BCUT2D eigenvalue weighted by Gasteiger charge is -1.96. The molecule has 0 atom stereocenters. The molecule has 59 valence electrons. The fourth-order valence-corrected chi connectivity index (χ4v) is 0.612. The summed E-state index contributed by atoms with van der Waals surface area (Å²) in [6, 6.07) is 0. The summed E-state index contributed by atoms with van der Waals surface area (Å²) in [5.74, 6) is -0.730. The minimum absolute atomic E-state index is 0.243. The molecule has 0 spiro atoms. The van der Waals surface area contributed by atoms with Gasteiger partial charge in [-0.1, -0.05) is 6.92 Å². The molecule has 3 heteroatoms. The lowest BCUT2D eigenvalue weighted by atomic mass is 10.3. The SMILES string of the molecule is CCC[N]CCCC(=O)O. The summed E-state index contributed by atoms with van der Waals surface area (Å²) in [5.41, 5.74) is 0. The van der Waals surface area contributed by atoms with E-state index < -0.39 is 5.97 Å². The highest BCUT2D eigenvalue weighted by Gasteiger charge is 1.94. The van der Waals surface area contributed by atoms with E-state index in [1.165, 1.54) is 0 Å². The predicted molar refractivity (Wildman–Crippen MR) is 39.0 cm³/mol. The normalized spacial score (nSPS) is 9.70. The first-order chi connectivity index (χ1) is 4.77. The van der Waals surface area contributed by atoms with Crippen molar-refractivity contribution in [1.29, 1.82) is 0 Å². The third kappa shape index (κ3) is 7.43. The molecule has 10 heavy (non-hydrogen) atoms. The molecule has 0 unspecified atom stereocenters. The summed E-state index contributed by atoms with van der Waals surface area (Å²) in [5, 5.41) is 12.3. The van der Waals surface area contributed by atoms with Crippen LogP contribution < -0.4 is 5.32 Å². The molecule has 1 N–H and O–H groups in total. The Balaban J connectivity index is 2.84. The van der Waals surface area contributed by atoms with E-state index in [0.717, 1.165) is 13.0 Å². The lowest BCUT2D eigenvalue weighted by Crippen LogP contribution is -2.09. The van der Waals surface area contributed by atoms with E-state index in [1.54, 1.807) is 0 Å². The van der Waals surface area contributed by atoms with Gasteiger partial charge in [-0.05, 0) is 12.8 Å². The number of rotatable bonds is 6. The Morgan fingerprint density at radius 3 is 2.70 bits per heavy atom. The van der Waals surface area contributed by atoms with Crippen molar-refractivity contribution in [3.63, 3.8) is 0 Å². The zero-order valence-corrected chi connectivity index (χ0v) is 6.34. The minimum atomic E-state index is -0.730. The molecule has 0 aromatic rings. The molecule has 0 heterocycles. The highest BCUT2D eigenvalue weighted by atomic mass is 16.4. The molecular weight excluding hydrogens is 130 g/mol. The zero-order chi connectivity index (χ0) is 7.82. The summed E-state index contributed by atoms with van der Waals surface area (Å²) in [6.07, 6.45) is 1.97. The minimum Gasteiger partial charge on any atom is -0.481 e. The quantitative estimate of drug-likeness (QED) is 0.562. The molecule has 0 rings (SSSR count). The van der Waals surface area contributed by atoms with Crippen LogP contribution in [0, 0.1) is 0 Å². The highest BCUT2D eigenvalue weighted by molar-refractivity contribution is 5.66. The number of carbonyl (C=O) groups is 1. The number of aliphatic carboxylic acids is 1. The van der Waals surface area contributed by atoms with Gasteiger partial charge in [0.25, 0.3) is 0 Å². The number of nitrogens with zero attached hydrogens (tertiary/aromatic N) is 1. The van der Waals surface area contributed by atoms with Gasteiger partial charge in [0.15, 0.2) is 0 Å². The molecule has 3 nitrogen and oxygen atoms in total. The summed E-state index contributed by atoms with van der Waals surface area (Å²) in [7, 11) is 0. The van der Waals surface area contributed by atoms with Crippen molar-refractivity contribution in [2.45, 2.75) is 26.2 Å². The van der Waals surface area contributed by atoms with Crippen LogP contribution >= 0.6 is 0 Å². The molecule has 0 aliphatic heterocycles. The standard InChI is InChI=1S/C7H14NO2/c1-2-5-8-6-3-4-7(9)10/h2-6H2,1H3,(H,9,10). The maximum absolute atomic E-state index is 9.99. The molecule has 1 radical (unpaired) electrons. The average Bonchev–Trinajstić information content (AvgIpc) is 1.87. The Morgan fingerprint density at radius 2 is 2.20 bits per heavy atom. The first-order valence-corrected chi connectivity index (χ1v) is 3.62. The van der Waals surface area contributed by atoms with Crippen molar-refractivity contribution in [3.8, 4) is 0 Å². The van der Waals surface area contributed by atoms with Crippen LogP contribution in [-0.4, -0.2) is 24.2 Å². The summed E-state index contributed by atoms with van der Waals surface area (Å²) in [4.78, 5) is 9.99. The third-order valence-electron chi connectivity index (χ3n) is 1.09. The molecule has 0 bridgehead atoms. The van der Waals surface area contributed by atoms with Crippen LogP contribution in [0.3, 0.4) is 0 Å².